The van der Waals surface area contributed by atoms with Gasteiger partial charge in [-0.15, -0.1) is 0 Å². The molecule has 3 rings (SSSR count). The highest BCUT2D eigenvalue weighted by atomic mass is 15.3. The summed E-state index contributed by atoms with van der Waals surface area (Å²) in [5.41, 5.74) is 7.96. The Morgan fingerprint density at radius 2 is 1.91 bits per heavy atom. The SMILES string of the molecule is Cc1ccnc(Nc2ncnc(N3CCN(C)CC3)c2N)c1. The summed E-state index contributed by atoms with van der Waals surface area (Å²) in [6, 6.07) is 3.90. The Morgan fingerprint density at radius 1 is 1.14 bits per heavy atom. The lowest BCUT2D eigenvalue weighted by Gasteiger charge is -2.33. The molecule has 2 aromatic rings. The van der Waals surface area contributed by atoms with Crippen LogP contribution < -0.4 is 16.0 Å². The first-order chi connectivity index (χ1) is 10.6. The number of nitrogen functional groups attached to an aromatic ring is 1. The second-order valence-electron chi connectivity index (χ2n) is 5.59. The minimum absolute atomic E-state index is 0.565. The zero-order chi connectivity index (χ0) is 15.5. The van der Waals surface area contributed by atoms with Crippen molar-refractivity contribution in [2.24, 2.45) is 0 Å². The Balaban J connectivity index is 1.83. The average molecular weight is 299 g/mol. The van der Waals surface area contributed by atoms with E-state index in [4.69, 9.17) is 5.73 Å². The largest absolute Gasteiger partial charge is 0.393 e. The highest BCUT2D eigenvalue weighted by molar-refractivity contribution is 5.77. The predicted molar refractivity (Wildman–Crippen MR) is 88.4 cm³/mol. The molecule has 0 bridgehead atoms. The molecule has 7 nitrogen and oxygen atoms in total. The summed E-state index contributed by atoms with van der Waals surface area (Å²) < 4.78 is 0. The molecule has 1 aliphatic rings. The Morgan fingerprint density at radius 3 is 2.64 bits per heavy atom. The molecule has 1 aliphatic heterocycles. The second kappa shape index (κ2) is 6.15. The van der Waals surface area contributed by atoms with Crippen LogP contribution in [-0.4, -0.2) is 53.1 Å². The van der Waals surface area contributed by atoms with Crippen molar-refractivity contribution >= 4 is 23.1 Å². The Labute approximate surface area is 130 Å². The third-order valence-corrected chi connectivity index (χ3v) is 3.83. The molecule has 1 saturated heterocycles. The summed E-state index contributed by atoms with van der Waals surface area (Å²) in [5.74, 6) is 2.12. The van der Waals surface area contributed by atoms with E-state index in [0.29, 0.717) is 11.5 Å². The molecular formula is C15H21N7. The maximum atomic E-state index is 6.26. The number of nitrogens with zero attached hydrogens (tertiary/aromatic N) is 5. The summed E-state index contributed by atoms with van der Waals surface area (Å²) in [6.45, 7) is 5.86. The van der Waals surface area contributed by atoms with Crippen molar-refractivity contribution in [1.82, 2.24) is 19.9 Å². The van der Waals surface area contributed by atoms with Gasteiger partial charge in [-0.1, -0.05) is 0 Å². The van der Waals surface area contributed by atoms with Gasteiger partial charge in [0.15, 0.2) is 11.6 Å². The normalized spacial score (nSPS) is 15.8. The van der Waals surface area contributed by atoms with Gasteiger partial charge in [0.05, 0.1) is 0 Å². The number of likely N-dealkylation sites (N-methyl/N-ethyl adjacent to an activating group) is 1. The smallest absolute Gasteiger partial charge is 0.160 e. The first kappa shape index (κ1) is 14.5. The molecule has 116 valence electrons. The van der Waals surface area contributed by atoms with Crippen LogP contribution in [0.2, 0.25) is 0 Å². The zero-order valence-electron chi connectivity index (χ0n) is 13.0. The molecule has 3 heterocycles. The fourth-order valence-electron chi connectivity index (χ4n) is 2.48. The molecule has 0 amide bonds. The van der Waals surface area contributed by atoms with Gasteiger partial charge in [-0.05, 0) is 31.7 Å². The number of hydrogen-bond acceptors (Lipinski definition) is 7. The summed E-state index contributed by atoms with van der Waals surface area (Å²) in [6.07, 6.45) is 3.30. The standard InChI is InChI=1S/C15H21N7/c1-11-3-4-17-12(9-11)20-14-13(16)15(19-10-18-14)22-7-5-21(2)6-8-22/h3-4,9-10H,5-8,16H2,1-2H3,(H,17,18,19,20). The van der Waals surface area contributed by atoms with Crippen molar-refractivity contribution in [2.75, 3.05) is 49.2 Å². The van der Waals surface area contributed by atoms with E-state index in [9.17, 15) is 0 Å². The minimum Gasteiger partial charge on any atom is -0.393 e. The van der Waals surface area contributed by atoms with Gasteiger partial charge in [0.1, 0.15) is 17.8 Å². The van der Waals surface area contributed by atoms with Gasteiger partial charge in [-0.25, -0.2) is 15.0 Å². The van der Waals surface area contributed by atoms with E-state index in [1.54, 1.807) is 12.5 Å². The van der Waals surface area contributed by atoms with Crippen LogP contribution in [-0.2, 0) is 0 Å². The number of aryl methyl sites for hydroxylation is 1. The molecule has 7 heteroatoms. The fraction of sp³-hybridized carbons (Fsp3) is 0.400. The third kappa shape index (κ3) is 3.09. The lowest BCUT2D eigenvalue weighted by molar-refractivity contribution is 0.312. The average Bonchev–Trinajstić information content (AvgIpc) is 2.51. The lowest BCUT2D eigenvalue weighted by Crippen LogP contribution is -2.45. The van der Waals surface area contributed by atoms with E-state index in [0.717, 1.165) is 43.4 Å². The first-order valence-electron chi connectivity index (χ1n) is 7.37. The van der Waals surface area contributed by atoms with E-state index >= 15 is 0 Å². The van der Waals surface area contributed by atoms with E-state index in [1.807, 2.05) is 19.1 Å². The number of nitrogens with two attached hydrogens (primary N) is 1. The number of hydrogen-bond donors (Lipinski definition) is 2. The summed E-state index contributed by atoms with van der Waals surface area (Å²) in [5, 5.41) is 3.18. The lowest BCUT2D eigenvalue weighted by atomic mass is 10.3. The van der Waals surface area contributed by atoms with Gasteiger partial charge in [-0.3, -0.25) is 0 Å². The number of nitrogens with one attached hydrogen (secondary N) is 1. The molecule has 0 aliphatic carbocycles. The van der Waals surface area contributed by atoms with Crippen LogP contribution in [0.1, 0.15) is 5.56 Å². The van der Waals surface area contributed by atoms with Crippen LogP contribution in [0, 0.1) is 6.92 Å². The summed E-state index contributed by atoms with van der Waals surface area (Å²) in [4.78, 5) is 17.4. The molecule has 0 saturated carbocycles. The third-order valence-electron chi connectivity index (χ3n) is 3.83. The van der Waals surface area contributed by atoms with Gasteiger partial charge in [0, 0.05) is 32.4 Å². The number of piperazine rings is 1. The fourth-order valence-corrected chi connectivity index (χ4v) is 2.48. The van der Waals surface area contributed by atoms with Gasteiger partial charge < -0.3 is 20.9 Å². The number of aromatic nitrogens is 3. The Kier molecular flexibility index (Phi) is 4.06. The molecule has 0 atom stereocenters. The van der Waals surface area contributed by atoms with Crippen molar-refractivity contribution < 1.29 is 0 Å². The molecule has 3 N–H and O–H groups in total. The van der Waals surface area contributed by atoms with Crippen molar-refractivity contribution in [3.8, 4) is 0 Å². The highest BCUT2D eigenvalue weighted by Gasteiger charge is 2.19. The maximum absolute atomic E-state index is 6.26. The van der Waals surface area contributed by atoms with Gasteiger partial charge in [0.2, 0.25) is 0 Å². The van der Waals surface area contributed by atoms with Crippen molar-refractivity contribution in [2.45, 2.75) is 6.92 Å². The molecule has 1 fully saturated rings. The maximum Gasteiger partial charge on any atom is 0.160 e. The van der Waals surface area contributed by atoms with Crippen molar-refractivity contribution in [1.29, 1.82) is 0 Å². The van der Waals surface area contributed by atoms with Crippen LogP contribution in [0.3, 0.4) is 0 Å². The van der Waals surface area contributed by atoms with Crippen LogP contribution in [0.4, 0.5) is 23.1 Å². The highest BCUT2D eigenvalue weighted by Crippen LogP contribution is 2.28. The van der Waals surface area contributed by atoms with Crippen LogP contribution in [0.25, 0.3) is 0 Å². The molecule has 22 heavy (non-hydrogen) atoms. The monoisotopic (exact) mass is 299 g/mol. The predicted octanol–water partition coefficient (Wildman–Crippen LogP) is 1.26. The molecule has 0 aromatic carbocycles. The molecule has 0 unspecified atom stereocenters. The first-order valence-corrected chi connectivity index (χ1v) is 7.37. The van der Waals surface area contributed by atoms with Gasteiger partial charge in [0.25, 0.3) is 0 Å². The zero-order valence-corrected chi connectivity index (χ0v) is 13.0. The Bertz CT molecular complexity index is 650. The van der Waals surface area contributed by atoms with Gasteiger partial charge >= 0.3 is 0 Å². The number of anilines is 4. The quantitative estimate of drug-likeness (QED) is 0.882. The van der Waals surface area contributed by atoms with E-state index in [2.05, 4.69) is 37.1 Å². The molecule has 2 aromatic heterocycles. The molecular weight excluding hydrogens is 278 g/mol. The molecule has 0 spiro atoms. The van der Waals surface area contributed by atoms with Crippen LogP contribution in [0.15, 0.2) is 24.7 Å². The topological polar surface area (TPSA) is 83.2 Å². The van der Waals surface area contributed by atoms with Crippen molar-refractivity contribution in [3.63, 3.8) is 0 Å². The van der Waals surface area contributed by atoms with E-state index in [1.165, 1.54) is 0 Å². The van der Waals surface area contributed by atoms with Crippen molar-refractivity contribution in [3.05, 3.63) is 30.2 Å². The van der Waals surface area contributed by atoms with E-state index in [-0.39, 0.29) is 0 Å². The van der Waals surface area contributed by atoms with E-state index < -0.39 is 0 Å². The number of pyridine rings is 1. The number of rotatable bonds is 3. The molecule has 0 radical (unpaired) electrons. The summed E-state index contributed by atoms with van der Waals surface area (Å²) >= 11 is 0. The van der Waals surface area contributed by atoms with Crippen LogP contribution >= 0.6 is 0 Å². The Hall–Kier alpha value is -2.41. The van der Waals surface area contributed by atoms with Crippen LogP contribution in [0.5, 0.6) is 0 Å². The minimum atomic E-state index is 0.565. The summed E-state index contributed by atoms with van der Waals surface area (Å²) in [7, 11) is 2.12. The van der Waals surface area contributed by atoms with Gasteiger partial charge in [-0.2, -0.15) is 0 Å². The second-order valence-corrected chi connectivity index (χ2v) is 5.59.